The molecule has 1 rings (SSSR count). The van der Waals surface area contributed by atoms with Crippen LogP contribution in [0.2, 0.25) is 0 Å². The molecule has 0 radical (unpaired) electrons. The first kappa shape index (κ1) is 18.1. The van der Waals surface area contributed by atoms with Gasteiger partial charge in [-0.05, 0) is 12.3 Å². The monoisotopic (exact) mass is 308 g/mol. The number of hydrogen-bond donors (Lipinski definition) is 2. The van der Waals surface area contributed by atoms with Gasteiger partial charge in [0.25, 0.3) is 5.91 Å². The summed E-state index contributed by atoms with van der Waals surface area (Å²) in [6, 6.07) is 0. The summed E-state index contributed by atoms with van der Waals surface area (Å²) >= 11 is 0. The summed E-state index contributed by atoms with van der Waals surface area (Å²) in [5.41, 5.74) is 5.60. The number of anilines is 2. The van der Waals surface area contributed by atoms with Crippen LogP contribution in [0.15, 0.2) is 0 Å². The lowest BCUT2D eigenvalue weighted by molar-refractivity contribution is 0.0942. The van der Waals surface area contributed by atoms with E-state index in [9.17, 15) is 4.79 Å². The molecule has 1 aromatic rings. The molecule has 0 aliphatic carbocycles. The minimum Gasteiger partial charge on any atom is -0.368 e. The average molecular weight is 308 g/mol. The van der Waals surface area contributed by atoms with Crippen LogP contribution < -0.4 is 16.0 Å². The van der Waals surface area contributed by atoms with Crippen molar-refractivity contribution in [1.29, 1.82) is 0 Å². The summed E-state index contributed by atoms with van der Waals surface area (Å²) in [6.45, 7) is 5.11. The van der Waals surface area contributed by atoms with Gasteiger partial charge in [-0.2, -0.15) is 15.0 Å². The smallest absolute Gasteiger partial charge is 0.289 e. The number of aromatic nitrogens is 3. The Morgan fingerprint density at radius 3 is 2.45 bits per heavy atom. The van der Waals surface area contributed by atoms with Crippen LogP contribution in [0.1, 0.15) is 56.6 Å². The SMILES string of the molecule is CC(C)CCCCCCNC(=O)c1nc(N)nc(N(C)C)n1. The zero-order chi connectivity index (χ0) is 16.5. The Hall–Kier alpha value is -1.92. The highest BCUT2D eigenvalue weighted by Gasteiger charge is 2.13. The van der Waals surface area contributed by atoms with Crippen molar-refractivity contribution in [2.45, 2.75) is 46.0 Å². The van der Waals surface area contributed by atoms with Crippen LogP contribution in [0.5, 0.6) is 0 Å². The lowest BCUT2D eigenvalue weighted by Gasteiger charge is -2.11. The largest absolute Gasteiger partial charge is 0.368 e. The van der Waals surface area contributed by atoms with Crippen molar-refractivity contribution < 1.29 is 4.79 Å². The fourth-order valence-corrected chi connectivity index (χ4v) is 1.99. The molecule has 22 heavy (non-hydrogen) atoms. The van der Waals surface area contributed by atoms with Crippen LogP contribution in [0, 0.1) is 5.92 Å². The van der Waals surface area contributed by atoms with Gasteiger partial charge in [-0.15, -0.1) is 0 Å². The highest BCUT2D eigenvalue weighted by atomic mass is 16.2. The Morgan fingerprint density at radius 1 is 1.14 bits per heavy atom. The van der Waals surface area contributed by atoms with Crippen molar-refractivity contribution in [2.75, 3.05) is 31.3 Å². The number of carbonyl (C=O) groups excluding carboxylic acids is 1. The maximum absolute atomic E-state index is 12.0. The Morgan fingerprint density at radius 2 is 1.82 bits per heavy atom. The highest BCUT2D eigenvalue weighted by Crippen LogP contribution is 2.09. The third-order valence-electron chi connectivity index (χ3n) is 3.24. The third kappa shape index (κ3) is 6.69. The van der Waals surface area contributed by atoms with Gasteiger partial charge in [-0.25, -0.2) is 0 Å². The predicted octanol–water partition coefficient (Wildman–Crippen LogP) is 1.86. The predicted molar refractivity (Wildman–Crippen MR) is 88.8 cm³/mol. The number of unbranched alkanes of at least 4 members (excludes halogenated alkanes) is 3. The molecule has 0 bridgehead atoms. The van der Waals surface area contributed by atoms with Crippen molar-refractivity contribution >= 4 is 17.8 Å². The lowest BCUT2D eigenvalue weighted by Crippen LogP contribution is -2.28. The molecule has 0 aliphatic rings. The van der Waals surface area contributed by atoms with Crippen LogP contribution in [-0.2, 0) is 0 Å². The summed E-state index contributed by atoms with van der Waals surface area (Å²) in [6.07, 6.45) is 5.81. The quantitative estimate of drug-likeness (QED) is 0.676. The minimum absolute atomic E-state index is 0.0533. The van der Waals surface area contributed by atoms with Crippen LogP contribution in [0.3, 0.4) is 0 Å². The van der Waals surface area contributed by atoms with E-state index < -0.39 is 0 Å². The first-order valence-electron chi connectivity index (χ1n) is 7.87. The van der Waals surface area contributed by atoms with E-state index >= 15 is 0 Å². The summed E-state index contributed by atoms with van der Waals surface area (Å²) in [7, 11) is 3.57. The van der Waals surface area contributed by atoms with Gasteiger partial charge in [-0.3, -0.25) is 4.79 Å². The van der Waals surface area contributed by atoms with E-state index in [0.29, 0.717) is 12.5 Å². The molecule has 1 heterocycles. The first-order chi connectivity index (χ1) is 10.4. The Balaban J connectivity index is 2.34. The van der Waals surface area contributed by atoms with Crippen LogP contribution in [0.4, 0.5) is 11.9 Å². The number of amides is 1. The van der Waals surface area contributed by atoms with Crippen LogP contribution >= 0.6 is 0 Å². The van der Waals surface area contributed by atoms with Crippen LogP contribution in [0.25, 0.3) is 0 Å². The molecule has 0 saturated carbocycles. The number of nitrogens with two attached hydrogens (primary N) is 1. The van der Waals surface area contributed by atoms with E-state index in [1.807, 2.05) is 0 Å². The number of nitrogens with one attached hydrogen (secondary N) is 1. The highest BCUT2D eigenvalue weighted by molar-refractivity contribution is 5.90. The van der Waals surface area contributed by atoms with E-state index in [2.05, 4.69) is 34.1 Å². The molecule has 0 aliphatic heterocycles. The number of carbonyl (C=O) groups is 1. The van der Waals surface area contributed by atoms with E-state index in [1.165, 1.54) is 19.3 Å². The molecule has 124 valence electrons. The molecule has 1 aromatic heterocycles. The van der Waals surface area contributed by atoms with Crippen LogP contribution in [-0.4, -0.2) is 41.5 Å². The fourth-order valence-electron chi connectivity index (χ4n) is 1.99. The van der Waals surface area contributed by atoms with Crippen molar-refractivity contribution in [3.8, 4) is 0 Å². The van der Waals surface area contributed by atoms with E-state index in [0.717, 1.165) is 18.8 Å². The van der Waals surface area contributed by atoms with Gasteiger partial charge in [0.15, 0.2) is 0 Å². The zero-order valence-electron chi connectivity index (χ0n) is 14.1. The molecule has 0 saturated heterocycles. The summed E-state index contributed by atoms with van der Waals surface area (Å²) in [5, 5.41) is 2.83. The normalized spacial score (nSPS) is 10.8. The van der Waals surface area contributed by atoms with Crippen molar-refractivity contribution in [3.63, 3.8) is 0 Å². The zero-order valence-corrected chi connectivity index (χ0v) is 14.1. The minimum atomic E-state index is -0.306. The molecule has 0 atom stereocenters. The van der Waals surface area contributed by atoms with Gasteiger partial charge >= 0.3 is 0 Å². The van der Waals surface area contributed by atoms with E-state index in [-0.39, 0.29) is 17.7 Å². The first-order valence-corrected chi connectivity index (χ1v) is 7.87. The second kappa shape index (κ2) is 9.17. The summed E-state index contributed by atoms with van der Waals surface area (Å²) in [4.78, 5) is 25.6. The number of nitrogens with zero attached hydrogens (tertiary/aromatic N) is 4. The van der Waals surface area contributed by atoms with Gasteiger partial charge in [0.2, 0.25) is 17.7 Å². The van der Waals surface area contributed by atoms with E-state index in [4.69, 9.17) is 5.73 Å². The fraction of sp³-hybridized carbons (Fsp3) is 0.733. The van der Waals surface area contributed by atoms with Crippen molar-refractivity contribution in [2.24, 2.45) is 5.92 Å². The van der Waals surface area contributed by atoms with Gasteiger partial charge in [0.05, 0.1) is 0 Å². The average Bonchev–Trinajstić information content (AvgIpc) is 2.45. The molecule has 0 fully saturated rings. The molecular weight excluding hydrogens is 280 g/mol. The van der Waals surface area contributed by atoms with Gasteiger partial charge < -0.3 is 16.0 Å². The Labute approximate surface area is 132 Å². The molecular formula is C15H28N6O. The number of nitrogen functional groups attached to an aromatic ring is 1. The molecule has 1 amide bonds. The second-order valence-corrected chi connectivity index (χ2v) is 6.06. The molecule has 0 spiro atoms. The number of rotatable bonds is 9. The standard InChI is InChI=1S/C15H28N6O/c1-11(2)9-7-5-6-8-10-17-13(22)12-18-14(16)20-15(19-12)21(3)4/h11H,5-10H2,1-4H3,(H,17,22)(H2,16,18,19,20). The molecule has 7 heteroatoms. The molecule has 7 nitrogen and oxygen atoms in total. The van der Waals surface area contributed by atoms with Crippen molar-refractivity contribution in [1.82, 2.24) is 20.3 Å². The Kier molecular flexibility index (Phi) is 7.56. The second-order valence-electron chi connectivity index (χ2n) is 6.06. The van der Waals surface area contributed by atoms with Crippen molar-refractivity contribution in [3.05, 3.63) is 5.82 Å². The topological polar surface area (TPSA) is 97.0 Å². The Bertz CT molecular complexity index is 475. The maximum atomic E-state index is 12.0. The van der Waals surface area contributed by atoms with Gasteiger partial charge in [0.1, 0.15) is 0 Å². The lowest BCUT2D eigenvalue weighted by atomic mass is 10.0. The molecule has 0 unspecified atom stereocenters. The summed E-state index contributed by atoms with van der Waals surface area (Å²) in [5.74, 6) is 0.958. The number of hydrogen-bond acceptors (Lipinski definition) is 6. The van der Waals surface area contributed by atoms with Gasteiger partial charge in [0, 0.05) is 20.6 Å². The molecule has 0 aromatic carbocycles. The van der Waals surface area contributed by atoms with Gasteiger partial charge in [-0.1, -0.05) is 39.5 Å². The van der Waals surface area contributed by atoms with E-state index in [1.54, 1.807) is 19.0 Å². The maximum Gasteiger partial charge on any atom is 0.289 e. The summed E-state index contributed by atoms with van der Waals surface area (Å²) < 4.78 is 0. The molecule has 3 N–H and O–H groups in total. The third-order valence-corrected chi connectivity index (χ3v) is 3.24.